The Morgan fingerprint density at radius 2 is 1.96 bits per heavy atom. The van der Waals surface area contributed by atoms with Gasteiger partial charge in [0.05, 0.1) is 13.2 Å². The second-order valence-corrected chi connectivity index (χ2v) is 6.65. The smallest absolute Gasteiger partial charge is 0.293 e. The largest absolute Gasteiger partial charge is 0.493 e. The first-order valence-corrected chi connectivity index (χ1v) is 8.65. The van der Waals surface area contributed by atoms with E-state index in [2.05, 4.69) is 10.2 Å². The Bertz CT molecular complexity index is 732. The molecule has 0 saturated carbocycles. The molecule has 3 fully saturated rings. The number of hydrogen-bond donors (Lipinski definition) is 1. The number of furan rings is 1. The van der Waals surface area contributed by atoms with Crippen molar-refractivity contribution in [3.05, 3.63) is 42.2 Å². The molecule has 2 bridgehead atoms. The predicted octanol–water partition coefficient (Wildman–Crippen LogP) is 2.90. The summed E-state index contributed by atoms with van der Waals surface area (Å²) < 4.78 is 15.9. The van der Waals surface area contributed by atoms with Crippen LogP contribution >= 0.6 is 0 Å². The van der Waals surface area contributed by atoms with Crippen molar-refractivity contribution in [3.63, 3.8) is 0 Å². The second-order valence-electron chi connectivity index (χ2n) is 6.65. The molecular weight excluding hydrogens is 320 g/mol. The lowest BCUT2D eigenvalue weighted by atomic mass is 9.84. The molecule has 3 aliphatic heterocycles. The number of carbonyl (C=O) groups is 1. The zero-order chi connectivity index (χ0) is 17.2. The van der Waals surface area contributed by atoms with Crippen molar-refractivity contribution < 1.29 is 18.7 Å². The molecule has 0 radical (unpaired) electrons. The molecule has 6 heteroatoms. The summed E-state index contributed by atoms with van der Waals surface area (Å²) in [4.78, 5) is 14.9. The third-order valence-electron chi connectivity index (χ3n) is 5.09. The van der Waals surface area contributed by atoms with E-state index in [9.17, 15) is 4.79 Å². The fourth-order valence-corrected chi connectivity index (χ4v) is 3.63. The van der Waals surface area contributed by atoms with E-state index in [-0.39, 0.29) is 11.9 Å². The summed E-state index contributed by atoms with van der Waals surface area (Å²) >= 11 is 0. The molecule has 1 amide bonds. The average Bonchev–Trinajstić information content (AvgIpc) is 3.11. The first-order chi connectivity index (χ1) is 12.2. The molecule has 1 aromatic carbocycles. The van der Waals surface area contributed by atoms with Gasteiger partial charge in [-0.15, -0.1) is 0 Å². The van der Waals surface area contributed by atoms with E-state index in [1.54, 1.807) is 37.4 Å². The van der Waals surface area contributed by atoms with Gasteiger partial charge >= 0.3 is 0 Å². The summed E-state index contributed by atoms with van der Waals surface area (Å²) in [7, 11) is 1.57. The molecule has 0 spiro atoms. The summed E-state index contributed by atoms with van der Waals surface area (Å²) in [5, 5.41) is 3.19. The Kier molecular flexibility index (Phi) is 4.36. The summed E-state index contributed by atoms with van der Waals surface area (Å²) in [5.41, 5.74) is 0.640. The lowest BCUT2D eigenvalue weighted by Gasteiger charge is -2.44. The molecule has 4 heterocycles. The first-order valence-electron chi connectivity index (χ1n) is 8.65. The highest BCUT2D eigenvalue weighted by Gasteiger charge is 2.34. The number of hydrogen-bond acceptors (Lipinski definition) is 5. The molecule has 25 heavy (non-hydrogen) atoms. The molecular formula is C19H22N2O4. The van der Waals surface area contributed by atoms with Crippen molar-refractivity contribution in [1.82, 2.24) is 10.2 Å². The molecule has 1 aromatic heterocycles. The molecule has 5 rings (SSSR count). The zero-order valence-electron chi connectivity index (χ0n) is 14.2. The third kappa shape index (κ3) is 3.49. The number of benzene rings is 1. The van der Waals surface area contributed by atoms with Crippen molar-refractivity contribution in [2.24, 2.45) is 5.92 Å². The minimum atomic E-state index is -0.0232. The fraction of sp³-hybridized carbons (Fsp3) is 0.421. The minimum absolute atomic E-state index is 0.0232. The van der Waals surface area contributed by atoms with Crippen molar-refractivity contribution >= 4 is 5.91 Å². The van der Waals surface area contributed by atoms with Gasteiger partial charge in [0.15, 0.2) is 5.75 Å². The van der Waals surface area contributed by atoms with Crippen LogP contribution in [-0.2, 0) is 0 Å². The van der Waals surface area contributed by atoms with Gasteiger partial charge in [-0.25, -0.2) is 0 Å². The Balaban J connectivity index is 1.37. The van der Waals surface area contributed by atoms with Gasteiger partial charge < -0.3 is 24.1 Å². The van der Waals surface area contributed by atoms with Crippen LogP contribution in [0.25, 0.3) is 0 Å². The number of carbonyl (C=O) groups excluding carboxylic acids is 1. The molecule has 3 saturated heterocycles. The van der Waals surface area contributed by atoms with E-state index in [1.165, 1.54) is 32.2 Å². The van der Waals surface area contributed by atoms with Gasteiger partial charge in [0.25, 0.3) is 11.9 Å². The second kappa shape index (κ2) is 6.80. The Morgan fingerprint density at radius 3 is 2.56 bits per heavy atom. The van der Waals surface area contributed by atoms with Crippen LogP contribution in [0, 0.1) is 5.92 Å². The van der Waals surface area contributed by atoms with Crippen LogP contribution in [-0.4, -0.2) is 43.6 Å². The summed E-state index contributed by atoms with van der Waals surface area (Å²) in [5.74, 6) is 2.15. The topological polar surface area (TPSA) is 63.9 Å². The lowest BCUT2D eigenvalue weighted by Crippen LogP contribution is -2.57. The van der Waals surface area contributed by atoms with Gasteiger partial charge in [0, 0.05) is 18.2 Å². The van der Waals surface area contributed by atoms with E-state index in [0.717, 1.165) is 6.54 Å². The van der Waals surface area contributed by atoms with Crippen LogP contribution in [0.4, 0.5) is 0 Å². The van der Waals surface area contributed by atoms with E-state index in [1.807, 2.05) is 0 Å². The molecule has 1 N–H and O–H groups in total. The SMILES string of the molecule is COc1coc(Oc2ccc(C(=O)NC3CN4CCC3CC4)cc2)c1. The number of nitrogens with one attached hydrogen (secondary N) is 1. The predicted molar refractivity (Wildman–Crippen MR) is 92.2 cm³/mol. The number of rotatable bonds is 5. The number of nitrogens with zero attached hydrogens (tertiary/aromatic N) is 1. The van der Waals surface area contributed by atoms with Gasteiger partial charge in [-0.1, -0.05) is 0 Å². The summed E-state index contributed by atoms with van der Waals surface area (Å²) in [6, 6.07) is 8.99. The number of ether oxygens (including phenoxy) is 2. The third-order valence-corrected chi connectivity index (χ3v) is 5.09. The van der Waals surface area contributed by atoms with Gasteiger partial charge in [0.2, 0.25) is 0 Å². The fourth-order valence-electron chi connectivity index (χ4n) is 3.63. The number of piperidine rings is 3. The number of fused-ring (bicyclic) bond motifs is 3. The molecule has 3 aliphatic rings. The lowest BCUT2D eigenvalue weighted by molar-refractivity contribution is 0.0620. The van der Waals surface area contributed by atoms with Crippen LogP contribution in [0.2, 0.25) is 0 Å². The van der Waals surface area contributed by atoms with Crippen LogP contribution in [0.3, 0.4) is 0 Å². The molecule has 1 unspecified atom stereocenters. The van der Waals surface area contributed by atoms with Crippen molar-refractivity contribution in [1.29, 1.82) is 0 Å². The maximum absolute atomic E-state index is 12.5. The van der Waals surface area contributed by atoms with Crippen molar-refractivity contribution in [2.75, 3.05) is 26.7 Å². The highest BCUT2D eigenvalue weighted by molar-refractivity contribution is 5.94. The zero-order valence-corrected chi connectivity index (χ0v) is 14.2. The first kappa shape index (κ1) is 16.0. The van der Waals surface area contributed by atoms with E-state index < -0.39 is 0 Å². The van der Waals surface area contributed by atoms with Gasteiger partial charge in [-0.05, 0) is 56.1 Å². The standard InChI is InChI=1S/C19H22N2O4/c1-23-16-10-18(24-12-16)25-15-4-2-14(3-5-15)19(22)20-17-11-21-8-6-13(17)7-9-21/h2-5,10,12-13,17H,6-9,11H2,1H3,(H,20,22). The highest BCUT2D eigenvalue weighted by Crippen LogP contribution is 2.29. The molecule has 2 aromatic rings. The quantitative estimate of drug-likeness (QED) is 0.905. The van der Waals surface area contributed by atoms with Crippen LogP contribution in [0.15, 0.2) is 41.0 Å². The molecule has 1 atom stereocenters. The maximum Gasteiger partial charge on any atom is 0.293 e. The van der Waals surface area contributed by atoms with Crippen molar-refractivity contribution in [2.45, 2.75) is 18.9 Å². The molecule has 0 aliphatic carbocycles. The monoisotopic (exact) mass is 342 g/mol. The van der Waals surface area contributed by atoms with E-state index in [4.69, 9.17) is 13.9 Å². The maximum atomic E-state index is 12.5. The summed E-state index contributed by atoms with van der Waals surface area (Å²) in [6.45, 7) is 3.30. The molecule has 6 nitrogen and oxygen atoms in total. The number of amides is 1. The Morgan fingerprint density at radius 1 is 1.20 bits per heavy atom. The van der Waals surface area contributed by atoms with Crippen LogP contribution in [0.5, 0.6) is 17.4 Å². The van der Waals surface area contributed by atoms with Gasteiger partial charge in [-0.2, -0.15) is 0 Å². The van der Waals surface area contributed by atoms with E-state index in [0.29, 0.717) is 28.9 Å². The normalized spacial score (nSPS) is 24.8. The highest BCUT2D eigenvalue weighted by atomic mass is 16.6. The van der Waals surface area contributed by atoms with E-state index >= 15 is 0 Å². The van der Waals surface area contributed by atoms with Crippen LogP contribution < -0.4 is 14.8 Å². The Labute approximate surface area is 146 Å². The van der Waals surface area contributed by atoms with Crippen LogP contribution in [0.1, 0.15) is 23.2 Å². The van der Waals surface area contributed by atoms with Gasteiger partial charge in [0.1, 0.15) is 12.0 Å². The van der Waals surface area contributed by atoms with Gasteiger partial charge in [-0.3, -0.25) is 4.79 Å². The van der Waals surface area contributed by atoms with Crippen molar-refractivity contribution in [3.8, 4) is 17.4 Å². The summed E-state index contributed by atoms with van der Waals surface area (Å²) in [6.07, 6.45) is 3.85. The number of methoxy groups -OCH3 is 1. The average molecular weight is 342 g/mol. The molecule has 132 valence electrons. The minimum Gasteiger partial charge on any atom is -0.493 e. The Hall–Kier alpha value is -2.47.